The number of aromatic nitrogens is 2. The molecule has 2 amide bonds. The quantitative estimate of drug-likeness (QED) is 0.124. The first kappa shape index (κ1) is 37.2. The van der Waals surface area contributed by atoms with Crippen LogP contribution in [0.4, 0.5) is 11.5 Å². The Kier molecular flexibility index (Phi) is 11.4. The summed E-state index contributed by atoms with van der Waals surface area (Å²) < 4.78 is 5.41. The van der Waals surface area contributed by atoms with Crippen LogP contribution in [0.5, 0.6) is 0 Å². The maximum absolute atomic E-state index is 14.7. The number of halogens is 2. The van der Waals surface area contributed by atoms with Crippen molar-refractivity contribution in [3.8, 4) is 0 Å². The van der Waals surface area contributed by atoms with Crippen LogP contribution in [0.2, 0.25) is 10.0 Å². The minimum atomic E-state index is -0.325. The lowest BCUT2D eigenvalue weighted by Gasteiger charge is -2.34. The van der Waals surface area contributed by atoms with Gasteiger partial charge in [0.1, 0.15) is 5.69 Å². The maximum Gasteiger partial charge on any atom is 0.272 e. The van der Waals surface area contributed by atoms with E-state index >= 15 is 0 Å². The summed E-state index contributed by atoms with van der Waals surface area (Å²) in [5, 5.41) is 8.47. The third-order valence-electron chi connectivity index (χ3n) is 10.5. The van der Waals surface area contributed by atoms with Gasteiger partial charge in [-0.3, -0.25) is 9.59 Å². The van der Waals surface area contributed by atoms with Gasteiger partial charge >= 0.3 is 0 Å². The fraction of sp³-hybridized carbons (Fsp3) is 0.279. The Morgan fingerprint density at radius 1 is 1.00 bits per heavy atom. The fourth-order valence-electron chi connectivity index (χ4n) is 7.49. The standard InChI is InChI=1S/C43H44Cl2N6O3/c1-4-51(28(3)30-12-14-32(44)15-13-30)40(27(2)29-9-6-5-7-10-29)38-35-17-16-33(45)25-37(35)48-39(38)43(53)49-36-11-8-21-46-41(36)50-22-18-34(19-23-50)47-42(52)31-20-24-54-26-31/h4-17,21,25,28,31,34,48H,1,18-20,22-24,26H2,2-3H3,(H,47,52)(H,49,53)/b40-27+. The van der Waals surface area contributed by atoms with E-state index in [9.17, 15) is 9.59 Å². The van der Waals surface area contributed by atoms with Gasteiger partial charge in [-0.25, -0.2) is 4.98 Å². The normalized spacial score (nSPS) is 17.2. The number of pyridine rings is 1. The van der Waals surface area contributed by atoms with Crippen LogP contribution >= 0.6 is 23.2 Å². The van der Waals surface area contributed by atoms with Crippen molar-refractivity contribution < 1.29 is 14.3 Å². The van der Waals surface area contributed by atoms with Gasteiger partial charge in [0.2, 0.25) is 5.91 Å². The highest BCUT2D eigenvalue weighted by molar-refractivity contribution is 6.31. The molecule has 0 spiro atoms. The Labute approximate surface area is 326 Å². The predicted octanol–water partition coefficient (Wildman–Crippen LogP) is 9.34. The summed E-state index contributed by atoms with van der Waals surface area (Å²) >= 11 is 12.8. The highest BCUT2D eigenvalue weighted by atomic mass is 35.5. The third-order valence-corrected chi connectivity index (χ3v) is 11.0. The van der Waals surface area contributed by atoms with Crippen LogP contribution in [0, 0.1) is 5.92 Å². The van der Waals surface area contributed by atoms with Gasteiger partial charge in [0.15, 0.2) is 5.82 Å². The van der Waals surface area contributed by atoms with Gasteiger partial charge in [-0.1, -0.05) is 78.3 Å². The molecular weight excluding hydrogens is 719 g/mol. The molecule has 7 rings (SSSR count). The summed E-state index contributed by atoms with van der Waals surface area (Å²) in [5.41, 5.74) is 6.22. The Morgan fingerprint density at radius 2 is 1.74 bits per heavy atom. The van der Waals surface area contributed by atoms with Crippen molar-refractivity contribution in [2.24, 2.45) is 5.92 Å². The molecule has 278 valence electrons. The van der Waals surface area contributed by atoms with E-state index in [0.29, 0.717) is 53.5 Å². The van der Waals surface area contributed by atoms with Crippen LogP contribution in [-0.2, 0) is 9.53 Å². The van der Waals surface area contributed by atoms with Crippen LogP contribution in [0.1, 0.15) is 66.3 Å². The SMILES string of the molecule is C=CN(/C(=C(\C)c1ccccc1)c1c(C(=O)Nc2cccnc2N2CCC(NC(=O)C3CCOC3)CC2)[nH]c2cc(Cl)ccc12)C(C)c1ccc(Cl)cc1. The van der Waals surface area contributed by atoms with Crippen LogP contribution in [0.25, 0.3) is 22.2 Å². The lowest BCUT2D eigenvalue weighted by molar-refractivity contribution is -0.125. The highest BCUT2D eigenvalue weighted by Crippen LogP contribution is 2.41. The molecule has 2 aliphatic rings. The molecule has 9 nitrogen and oxygen atoms in total. The van der Waals surface area contributed by atoms with E-state index in [1.807, 2.05) is 79.0 Å². The van der Waals surface area contributed by atoms with Crippen molar-refractivity contribution in [3.63, 3.8) is 0 Å². The first-order valence-corrected chi connectivity index (χ1v) is 19.1. The second-order valence-corrected chi connectivity index (χ2v) is 14.8. The molecule has 2 aliphatic heterocycles. The highest BCUT2D eigenvalue weighted by Gasteiger charge is 2.31. The Balaban J connectivity index is 1.25. The Bertz CT molecular complexity index is 2170. The number of hydrogen-bond acceptors (Lipinski definition) is 6. The topological polar surface area (TPSA) is 103 Å². The summed E-state index contributed by atoms with van der Waals surface area (Å²) in [5.74, 6) is 0.354. The van der Waals surface area contributed by atoms with Crippen LogP contribution in [0.3, 0.4) is 0 Å². The molecule has 4 heterocycles. The third kappa shape index (κ3) is 7.89. The number of carbonyl (C=O) groups is 2. The van der Waals surface area contributed by atoms with E-state index < -0.39 is 0 Å². The zero-order chi connectivity index (χ0) is 37.8. The fourth-order valence-corrected chi connectivity index (χ4v) is 7.79. The zero-order valence-electron chi connectivity index (χ0n) is 30.4. The number of benzene rings is 3. The van der Waals surface area contributed by atoms with E-state index in [1.54, 1.807) is 6.20 Å². The number of allylic oxidation sites excluding steroid dienone is 1. The number of carbonyl (C=O) groups excluding carboxylic acids is 2. The number of anilines is 2. The summed E-state index contributed by atoms with van der Waals surface area (Å²) in [6.45, 7) is 10.9. The van der Waals surface area contributed by atoms with Gasteiger partial charge in [0.05, 0.1) is 30.0 Å². The molecule has 54 heavy (non-hydrogen) atoms. The van der Waals surface area contributed by atoms with Crippen molar-refractivity contribution >= 4 is 68.7 Å². The molecule has 2 atom stereocenters. The molecule has 2 saturated heterocycles. The molecule has 0 saturated carbocycles. The number of ether oxygens (including phenoxy) is 1. The number of fused-ring (bicyclic) bond motifs is 1. The van der Waals surface area contributed by atoms with E-state index in [-0.39, 0.29) is 29.8 Å². The molecule has 5 aromatic rings. The second-order valence-electron chi connectivity index (χ2n) is 13.9. The molecule has 2 aromatic heterocycles. The summed E-state index contributed by atoms with van der Waals surface area (Å²) in [6.07, 6.45) is 5.85. The summed E-state index contributed by atoms with van der Waals surface area (Å²) in [6, 6.07) is 27.1. The van der Waals surface area contributed by atoms with Gasteiger partial charge < -0.3 is 30.2 Å². The molecule has 11 heteroatoms. The predicted molar refractivity (Wildman–Crippen MR) is 219 cm³/mol. The summed E-state index contributed by atoms with van der Waals surface area (Å²) in [4.78, 5) is 39.9. The minimum absolute atomic E-state index is 0.0701. The number of hydrogen-bond donors (Lipinski definition) is 3. The smallest absolute Gasteiger partial charge is 0.272 e. The first-order chi connectivity index (χ1) is 26.2. The molecule has 3 aromatic carbocycles. The van der Waals surface area contributed by atoms with Gasteiger partial charge in [-0.15, -0.1) is 0 Å². The molecule has 2 fully saturated rings. The van der Waals surface area contributed by atoms with Crippen molar-refractivity contribution in [2.75, 3.05) is 36.5 Å². The lowest BCUT2D eigenvalue weighted by atomic mass is 9.95. The minimum Gasteiger partial charge on any atom is -0.381 e. The maximum atomic E-state index is 14.7. The number of nitrogens with one attached hydrogen (secondary N) is 3. The van der Waals surface area contributed by atoms with Crippen LogP contribution < -0.4 is 15.5 Å². The van der Waals surface area contributed by atoms with E-state index in [2.05, 4.69) is 58.0 Å². The molecule has 0 radical (unpaired) electrons. The average Bonchev–Trinajstić information content (AvgIpc) is 3.87. The Morgan fingerprint density at radius 3 is 2.44 bits per heavy atom. The molecule has 0 aliphatic carbocycles. The number of amides is 2. The molecular formula is C43H44Cl2N6O3. The second kappa shape index (κ2) is 16.5. The molecule has 2 unspecified atom stereocenters. The van der Waals surface area contributed by atoms with Gasteiger partial charge in [-0.2, -0.15) is 0 Å². The Hall–Kier alpha value is -5.09. The number of piperidine rings is 1. The molecule has 0 bridgehead atoms. The van der Waals surface area contributed by atoms with Gasteiger partial charge in [0.25, 0.3) is 5.91 Å². The van der Waals surface area contributed by atoms with Crippen molar-refractivity contribution in [2.45, 2.75) is 45.2 Å². The van der Waals surface area contributed by atoms with Crippen molar-refractivity contribution in [1.29, 1.82) is 0 Å². The van der Waals surface area contributed by atoms with Crippen molar-refractivity contribution in [3.05, 3.63) is 136 Å². The van der Waals surface area contributed by atoms with Gasteiger partial charge in [0, 0.05) is 58.4 Å². The monoisotopic (exact) mass is 762 g/mol. The first-order valence-electron chi connectivity index (χ1n) is 18.4. The number of rotatable bonds is 11. The van der Waals surface area contributed by atoms with Crippen LogP contribution in [-0.4, -0.2) is 59.0 Å². The number of nitrogens with zero attached hydrogens (tertiary/aromatic N) is 3. The van der Waals surface area contributed by atoms with Gasteiger partial charge in [-0.05, 0) is 92.4 Å². The molecule has 3 N–H and O–H groups in total. The van der Waals surface area contributed by atoms with E-state index in [1.165, 1.54) is 0 Å². The van der Waals surface area contributed by atoms with E-state index in [0.717, 1.165) is 58.1 Å². The number of aromatic amines is 1. The zero-order valence-corrected chi connectivity index (χ0v) is 32.0. The number of H-pyrrole nitrogens is 1. The summed E-state index contributed by atoms with van der Waals surface area (Å²) in [7, 11) is 0. The largest absolute Gasteiger partial charge is 0.381 e. The van der Waals surface area contributed by atoms with E-state index in [4.69, 9.17) is 32.9 Å². The van der Waals surface area contributed by atoms with Crippen LogP contribution in [0.15, 0.2) is 104 Å². The van der Waals surface area contributed by atoms with Crippen molar-refractivity contribution in [1.82, 2.24) is 20.2 Å². The lowest BCUT2D eigenvalue weighted by Crippen LogP contribution is -2.46. The average molecular weight is 764 g/mol.